The van der Waals surface area contributed by atoms with Crippen LogP contribution in [0.3, 0.4) is 0 Å². The maximum atomic E-state index is 5.66. The van der Waals surface area contributed by atoms with Gasteiger partial charge in [0.25, 0.3) is 0 Å². The van der Waals surface area contributed by atoms with Crippen molar-refractivity contribution in [3.05, 3.63) is 0 Å². The largest absolute Gasteiger partial charge is 0.382 e. The van der Waals surface area contributed by atoms with Gasteiger partial charge in [0.05, 0.1) is 19.3 Å². The molecule has 0 aromatic carbocycles. The molecule has 72 valence electrons. The van der Waals surface area contributed by atoms with Crippen LogP contribution < -0.4 is 0 Å². The Morgan fingerprint density at radius 2 is 2.00 bits per heavy atom. The molecule has 0 heterocycles. The smallest absolute Gasteiger partial charge is 0.0704 e. The average Bonchev–Trinajstić information content (AvgIpc) is 2.09. The van der Waals surface area contributed by atoms with Crippen molar-refractivity contribution >= 4 is 15.9 Å². The van der Waals surface area contributed by atoms with Crippen LogP contribution in [0.1, 0.15) is 25.7 Å². The minimum atomic E-state index is 0.411. The fourth-order valence-corrected chi connectivity index (χ4v) is 2.26. The van der Waals surface area contributed by atoms with E-state index in [2.05, 4.69) is 15.9 Å². The Morgan fingerprint density at radius 1 is 1.25 bits per heavy atom. The summed E-state index contributed by atoms with van der Waals surface area (Å²) in [7, 11) is 1.70. The van der Waals surface area contributed by atoms with Gasteiger partial charge in [0.15, 0.2) is 0 Å². The van der Waals surface area contributed by atoms with Crippen molar-refractivity contribution in [2.45, 2.75) is 36.6 Å². The van der Waals surface area contributed by atoms with Crippen molar-refractivity contribution in [3.63, 3.8) is 0 Å². The lowest BCUT2D eigenvalue weighted by atomic mass is 9.98. The van der Waals surface area contributed by atoms with Gasteiger partial charge in [0.2, 0.25) is 0 Å². The molecule has 0 amide bonds. The van der Waals surface area contributed by atoms with E-state index in [9.17, 15) is 0 Å². The maximum absolute atomic E-state index is 5.66. The summed E-state index contributed by atoms with van der Waals surface area (Å²) >= 11 is 3.64. The van der Waals surface area contributed by atoms with Crippen molar-refractivity contribution in [1.29, 1.82) is 0 Å². The van der Waals surface area contributed by atoms with Gasteiger partial charge in [-0.2, -0.15) is 0 Å². The fourth-order valence-electron chi connectivity index (χ4n) is 1.52. The molecule has 0 spiro atoms. The van der Waals surface area contributed by atoms with Crippen LogP contribution in [0.15, 0.2) is 0 Å². The van der Waals surface area contributed by atoms with Crippen LogP contribution in [0, 0.1) is 0 Å². The van der Waals surface area contributed by atoms with Gasteiger partial charge in [-0.25, -0.2) is 0 Å². The molecule has 12 heavy (non-hydrogen) atoms. The lowest BCUT2D eigenvalue weighted by molar-refractivity contribution is 0.00438. The molecule has 0 aliphatic heterocycles. The molecule has 0 bridgehead atoms. The first-order valence-electron chi connectivity index (χ1n) is 4.59. The molecule has 1 aliphatic rings. The summed E-state index contributed by atoms with van der Waals surface area (Å²) in [5.74, 6) is 0. The third-order valence-electron chi connectivity index (χ3n) is 2.24. The molecule has 0 N–H and O–H groups in total. The Morgan fingerprint density at radius 3 is 2.67 bits per heavy atom. The summed E-state index contributed by atoms with van der Waals surface area (Å²) < 4.78 is 10.6. The van der Waals surface area contributed by atoms with E-state index >= 15 is 0 Å². The number of rotatable bonds is 4. The van der Waals surface area contributed by atoms with E-state index in [4.69, 9.17) is 9.47 Å². The first-order chi connectivity index (χ1) is 5.84. The molecule has 0 saturated heterocycles. The van der Waals surface area contributed by atoms with Crippen molar-refractivity contribution in [2.75, 3.05) is 20.3 Å². The second kappa shape index (κ2) is 5.95. The summed E-state index contributed by atoms with van der Waals surface area (Å²) in [4.78, 5) is 0.558. The van der Waals surface area contributed by atoms with Crippen molar-refractivity contribution in [3.8, 4) is 0 Å². The Kier molecular flexibility index (Phi) is 5.19. The number of alkyl halides is 1. The van der Waals surface area contributed by atoms with Gasteiger partial charge in [-0.1, -0.05) is 28.8 Å². The Hall–Kier alpha value is 0.400. The maximum Gasteiger partial charge on any atom is 0.0704 e. The van der Waals surface area contributed by atoms with Crippen molar-refractivity contribution in [2.24, 2.45) is 0 Å². The molecule has 2 unspecified atom stereocenters. The second-order valence-corrected chi connectivity index (χ2v) is 4.38. The Bertz CT molecular complexity index is 119. The molecule has 2 nitrogen and oxygen atoms in total. The molecule has 0 aromatic heterocycles. The zero-order valence-electron chi connectivity index (χ0n) is 7.59. The molecule has 1 aliphatic carbocycles. The molecular weight excluding hydrogens is 220 g/mol. The van der Waals surface area contributed by atoms with Crippen LogP contribution in [-0.4, -0.2) is 31.3 Å². The van der Waals surface area contributed by atoms with Crippen LogP contribution in [0.5, 0.6) is 0 Å². The van der Waals surface area contributed by atoms with E-state index in [1.54, 1.807) is 7.11 Å². The number of hydrogen-bond acceptors (Lipinski definition) is 2. The minimum absolute atomic E-state index is 0.411. The zero-order chi connectivity index (χ0) is 8.81. The molecule has 1 rings (SSSR count). The lowest BCUT2D eigenvalue weighted by Crippen LogP contribution is -2.29. The summed E-state index contributed by atoms with van der Waals surface area (Å²) in [6.45, 7) is 1.43. The predicted molar refractivity (Wildman–Crippen MR) is 52.8 cm³/mol. The number of hydrogen-bond donors (Lipinski definition) is 0. The van der Waals surface area contributed by atoms with E-state index in [1.165, 1.54) is 25.7 Å². The molecule has 1 saturated carbocycles. The quantitative estimate of drug-likeness (QED) is 0.552. The van der Waals surface area contributed by atoms with Gasteiger partial charge < -0.3 is 9.47 Å². The topological polar surface area (TPSA) is 18.5 Å². The first-order valence-corrected chi connectivity index (χ1v) is 5.51. The minimum Gasteiger partial charge on any atom is -0.382 e. The van der Waals surface area contributed by atoms with E-state index in [1.807, 2.05) is 0 Å². The molecule has 1 fully saturated rings. The molecule has 3 heteroatoms. The van der Waals surface area contributed by atoms with E-state index in [-0.39, 0.29) is 0 Å². The van der Waals surface area contributed by atoms with Gasteiger partial charge in [-0.15, -0.1) is 0 Å². The predicted octanol–water partition coefficient (Wildman–Crippen LogP) is 2.36. The SMILES string of the molecule is COCCOC1CCCCC1Br. The van der Waals surface area contributed by atoms with E-state index in [0.717, 1.165) is 6.61 Å². The molecular formula is C9H17BrO2. The summed E-state index contributed by atoms with van der Waals surface area (Å²) in [5.41, 5.74) is 0. The molecule has 0 radical (unpaired) electrons. The van der Waals surface area contributed by atoms with Crippen LogP contribution >= 0.6 is 15.9 Å². The Labute approximate surface area is 82.7 Å². The standard InChI is InChI=1S/C9H17BrO2/c1-11-6-7-12-9-5-3-2-4-8(9)10/h8-9H,2-7H2,1H3. The average molecular weight is 237 g/mol. The van der Waals surface area contributed by atoms with Gasteiger partial charge in [-0.05, 0) is 12.8 Å². The van der Waals surface area contributed by atoms with Gasteiger partial charge in [0, 0.05) is 11.9 Å². The third-order valence-corrected chi connectivity index (χ3v) is 3.29. The van der Waals surface area contributed by atoms with Crippen LogP contribution in [-0.2, 0) is 9.47 Å². The Balaban J connectivity index is 2.11. The van der Waals surface area contributed by atoms with Gasteiger partial charge >= 0.3 is 0 Å². The van der Waals surface area contributed by atoms with Crippen LogP contribution in [0.4, 0.5) is 0 Å². The molecule has 0 aromatic rings. The highest BCUT2D eigenvalue weighted by Crippen LogP contribution is 2.26. The van der Waals surface area contributed by atoms with Gasteiger partial charge in [-0.3, -0.25) is 0 Å². The monoisotopic (exact) mass is 236 g/mol. The number of halogens is 1. The van der Waals surface area contributed by atoms with Crippen LogP contribution in [0.25, 0.3) is 0 Å². The van der Waals surface area contributed by atoms with Gasteiger partial charge in [0.1, 0.15) is 0 Å². The lowest BCUT2D eigenvalue weighted by Gasteiger charge is -2.27. The number of methoxy groups -OCH3 is 1. The van der Waals surface area contributed by atoms with E-state index in [0.29, 0.717) is 17.5 Å². The van der Waals surface area contributed by atoms with Crippen molar-refractivity contribution < 1.29 is 9.47 Å². The zero-order valence-corrected chi connectivity index (χ0v) is 9.18. The normalized spacial score (nSPS) is 30.5. The molecule has 2 atom stereocenters. The number of ether oxygens (including phenoxy) is 2. The summed E-state index contributed by atoms with van der Waals surface area (Å²) in [6, 6.07) is 0. The summed E-state index contributed by atoms with van der Waals surface area (Å²) in [5, 5.41) is 0. The fraction of sp³-hybridized carbons (Fsp3) is 1.00. The highest BCUT2D eigenvalue weighted by atomic mass is 79.9. The van der Waals surface area contributed by atoms with Crippen LogP contribution in [0.2, 0.25) is 0 Å². The second-order valence-electron chi connectivity index (χ2n) is 3.20. The van der Waals surface area contributed by atoms with E-state index < -0.39 is 0 Å². The van der Waals surface area contributed by atoms with Crippen molar-refractivity contribution in [1.82, 2.24) is 0 Å². The first kappa shape index (κ1) is 10.5. The highest BCUT2D eigenvalue weighted by Gasteiger charge is 2.22. The third kappa shape index (κ3) is 3.42. The summed E-state index contributed by atoms with van der Waals surface area (Å²) in [6.07, 6.45) is 5.49. The highest BCUT2D eigenvalue weighted by molar-refractivity contribution is 9.09.